The van der Waals surface area contributed by atoms with Gasteiger partial charge in [0.25, 0.3) is 0 Å². The quantitative estimate of drug-likeness (QED) is 0.853. The molecule has 0 radical (unpaired) electrons. The summed E-state index contributed by atoms with van der Waals surface area (Å²) < 4.78 is 35.3. The zero-order valence-electron chi connectivity index (χ0n) is 9.41. The predicted molar refractivity (Wildman–Crippen MR) is 69.3 cm³/mol. The molecule has 0 heterocycles. The van der Waals surface area contributed by atoms with Gasteiger partial charge in [0.1, 0.15) is 9.84 Å². The Morgan fingerprint density at radius 2 is 2.11 bits per heavy atom. The molecule has 0 aliphatic carbocycles. The van der Waals surface area contributed by atoms with Crippen molar-refractivity contribution in [1.29, 1.82) is 0 Å². The maximum Gasteiger partial charge on any atom is 0.336 e. The number of carboxylic acids is 1. The maximum absolute atomic E-state index is 13.7. The summed E-state index contributed by atoms with van der Waals surface area (Å²) in [4.78, 5) is 10.7. The number of hydrogen-bond donors (Lipinski definition) is 2. The van der Waals surface area contributed by atoms with Crippen LogP contribution in [0.1, 0.15) is 10.4 Å². The molecule has 0 spiro atoms. The van der Waals surface area contributed by atoms with Gasteiger partial charge in [0.2, 0.25) is 0 Å². The fourth-order valence-electron chi connectivity index (χ4n) is 1.22. The van der Waals surface area contributed by atoms with Crippen molar-refractivity contribution in [3.05, 3.63) is 28.0 Å². The summed E-state index contributed by atoms with van der Waals surface area (Å²) in [6.45, 7) is 0.0502. The molecule has 0 saturated heterocycles. The van der Waals surface area contributed by atoms with E-state index in [1.54, 1.807) is 0 Å². The molecule has 0 unspecified atom stereocenters. The van der Waals surface area contributed by atoms with Gasteiger partial charge in [0.15, 0.2) is 5.82 Å². The summed E-state index contributed by atoms with van der Waals surface area (Å²) in [6, 6.07) is 2.49. The molecule has 0 aromatic heterocycles. The molecule has 0 aliphatic rings. The molecule has 18 heavy (non-hydrogen) atoms. The zero-order valence-corrected chi connectivity index (χ0v) is 11.8. The van der Waals surface area contributed by atoms with Gasteiger partial charge in [-0.3, -0.25) is 0 Å². The van der Waals surface area contributed by atoms with Crippen molar-refractivity contribution < 1.29 is 22.7 Å². The number of anilines is 1. The van der Waals surface area contributed by atoms with Gasteiger partial charge in [0, 0.05) is 12.8 Å². The molecule has 0 fully saturated rings. The molecule has 0 aliphatic heterocycles. The molecule has 8 heteroatoms. The van der Waals surface area contributed by atoms with Crippen LogP contribution < -0.4 is 5.32 Å². The fraction of sp³-hybridized carbons (Fsp3) is 0.300. The number of benzene rings is 1. The molecule has 0 atom stereocenters. The Kier molecular flexibility index (Phi) is 4.69. The molecule has 0 amide bonds. The molecule has 100 valence electrons. The standard InChI is InChI=1S/C10H11BrFNO4S/c1-18(16,17)5-4-13-7-3-2-6(10(14)15)8(11)9(7)12/h2-3,13H,4-5H2,1H3,(H,14,15). The second kappa shape index (κ2) is 5.66. The van der Waals surface area contributed by atoms with E-state index < -0.39 is 21.6 Å². The summed E-state index contributed by atoms with van der Waals surface area (Å²) in [5.74, 6) is -2.14. The normalized spacial score (nSPS) is 11.3. The van der Waals surface area contributed by atoms with Crippen LogP contribution in [0.15, 0.2) is 16.6 Å². The third-order valence-corrected chi connectivity index (χ3v) is 3.82. The minimum atomic E-state index is -3.13. The molecular weight excluding hydrogens is 329 g/mol. The average Bonchev–Trinajstić information content (AvgIpc) is 2.22. The lowest BCUT2D eigenvalue weighted by molar-refractivity contribution is 0.0695. The maximum atomic E-state index is 13.7. The number of hydrogen-bond acceptors (Lipinski definition) is 4. The Hall–Kier alpha value is -1.15. The fourth-order valence-corrected chi connectivity index (χ4v) is 2.21. The molecule has 1 aromatic carbocycles. The Morgan fingerprint density at radius 3 is 2.61 bits per heavy atom. The highest BCUT2D eigenvalue weighted by Crippen LogP contribution is 2.26. The van der Waals surface area contributed by atoms with Gasteiger partial charge in [-0.2, -0.15) is 0 Å². The van der Waals surface area contributed by atoms with E-state index in [-0.39, 0.29) is 28.0 Å². The van der Waals surface area contributed by atoms with Crippen molar-refractivity contribution in [3.8, 4) is 0 Å². The van der Waals surface area contributed by atoms with Gasteiger partial charge >= 0.3 is 5.97 Å². The van der Waals surface area contributed by atoms with Crippen molar-refractivity contribution in [2.24, 2.45) is 0 Å². The highest BCUT2D eigenvalue weighted by molar-refractivity contribution is 9.10. The summed E-state index contributed by atoms with van der Waals surface area (Å²) in [5.41, 5.74) is -0.142. The monoisotopic (exact) mass is 339 g/mol. The second-order valence-electron chi connectivity index (χ2n) is 3.65. The average molecular weight is 340 g/mol. The minimum absolute atomic E-state index is 0.0502. The summed E-state index contributed by atoms with van der Waals surface area (Å²) >= 11 is 2.85. The minimum Gasteiger partial charge on any atom is -0.478 e. The van der Waals surface area contributed by atoms with Gasteiger partial charge < -0.3 is 10.4 Å². The van der Waals surface area contributed by atoms with Crippen LogP contribution in [0.25, 0.3) is 0 Å². The first-order chi connectivity index (χ1) is 8.22. The van der Waals surface area contributed by atoms with Crippen LogP contribution in [-0.4, -0.2) is 38.0 Å². The highest BCUT2D eigenvalue weighted by atomic mass is 79.9. The number of rotatable bonds is 5. The van der Waals surface area contributed by atoms with Crippen molar-refractivity contribution in [1.82, 2.24) is 0 Å². The molecule has 1 rings (SSSR count). The van der Waals surface area contributed by atoms with Gasteiger partial charge in [-0.15, -0.1) is 0 Å². The van der Waals surface area contributed by atoms with E-state index in [1.165, 1.54) is 12.1 Å². The van der Waals surface area contributed by atoms with Gasteiger partial charge in [-0.05, 0) is 28.1 Å². The summed E-state index contributed by atoms with van der Waals surface area (Å²) in [5, 5.41) is 11.4. The lowest BCUT2D eigenvalue weighted by atomic mass is 10.2. The van der Waals surface area contributed by atoms with Crippen LogP contribution in [0.2, 0.25) is 0 Å². The summed E-state index contributed by atoms with van der Waals surface area (Å²) in [6.07, 6.45) is 1.08. The van der Waals surface area contributed by atoms with Crippen molar-refractivity contribution in [3.63, 3.8) is 0 Å². The third-order valence-electron chi connectivity index (χ3n) is 2.10. The molecular formula is C10H11BrFNO4S. The highest BCUT2D eigenvalue weighted by Gasteiger charge is 2.15. The topological polar surface area (TPSA) is 83.5 Å². The van der Waals surface area contributed by atoms with Crippen molar-refractivity contribution >= 4 is 37.4 Å². The Balaban J connectivity index is 2.86. The summed E-state index contributed by atoms with van der Waals surface area (Å²) in [7, 11) is -3.13. The van der Waals surface area contributed by atoms with E-state index >= 15 is 0 Å². The Labute approximate surface area is 112 Å². The van der Waals surface area contributed by atoms with Crippen LogP contribution in [0.4, 0.5) is 10.1 Å². The lowest BCUT2D eigenvalue weighted by Crippen LogP contribution is -2.15. The van der Waals surface area contributed by atoms with Crippen LogP contribution >= 0.6 is 15.9 Å². The first-order valence-corrected chi connectivity index (χ1v) is 7.70. The lowest BCUT2D eigenvalue weighted by Gasteiger charge is -2.09. The van der Waals surface area contributed by atoms with E-state index in [0.29, 0.717) is 0 Å². The molecule has 0 saturated carbocycles. The van der Waals surface area contributed by atoms with Crippen molar-refractivity contribution in [2.45, 2.75) is 0 Å². The second-order valence-corrected chi connectivity index (χ2v) is 6.70. The smallest absolute Gasteiger partial charge is 0.336 e. The first kappa shape index (κ1) is 14.9. The molecule has 1 aromatic rings. The number of carbonyl (C=O) groups is 1. The number of sulfone groups is 1. The van der Waals surface area contributed by atoms with Crippen LogP contribution in [-0.2, 0) is 9.84 Å². The van der Waals surface area contributed by atoms with Gasteiger partial charge in [-0.25, -0.2) is 17.6 Å². The molecule has 2 N–H and O–H groups in total. The predicted octanol–water partition coefficient (Wildman–Crippen LogP) is 1.74. The zero-order chi connectivity index (χ0) is 13.9. The van der Waals surface area contributed by atoms with E-state index in [4.69, 9.17) is 5.11 Å². The number of aromatic carboxylic acids is 1. The van der Waals surface area contributed by atoms with E-state index in [0.717, 1.165) is 6.26 Å². The Morgan fingerprint density at radius 1 is 1.50 bits per heavy atom. The Bertz CT molecular complexity index is 573. The molecule has 0 bridgehead atoms. The largest absolute Gasteiger partial charge is 0.478 e. The number of nitrogens with one attached hydrogen (secondary N) is 1. The van der Waals surface area contributed by atoms with Crippen LogP contribution in [0.5, 0.6) is 0 Å². The SMILES string of the molecule is CS(=O)(=O)CCNc1ccc(C(=O)O)c(Br)c1F. The van der Waals surface area contributed by atoms with Gasteiger partial charge in [-0.1, -0.05) is 0 Å². The van der Waals surface area contributed by atoms with Gasteiger partial charge in [0.05, 0.1) is 21.5 Å². The first-order valence-electron chi connectivity index (χ1n) is 4.85. The molecule has 5 nitrogen and oxygen atoms in total. The van der Waals surface area contributed by atoms with Crippen LogP contribution in [0.3, 0.4) is 0 Å². The van der Waals surface area contributed by atoms with Crippen LogP contribution in [0, 0.1) is 5.82 Å². The van der Waals surface area contributed by atoms with Crippen molar-refractivity contribution in [2.75, 3.05) is 23.9 Å². The third kappa shape index (κ3) is 3.95. The van der Waals surface area contributed by atoms with E-state index in [9.17, 15) is 17.6 Å². The number of halogens is 2. The van der Waals surface area contributed by atoms with E-state index in [1.807, 2.05) is 0 Å². The number of carboxylic acid groups (broad SMARTS) is 1. The van der Waals surface area contributed by atoms with E-state index in [2.05, 4.69) is 21.2 Å².